The minimum Gasteiger partial charge on any atom is -0.395 e. The summed E-state index contributed by atoms with van der Waals surface area (Å²) >= 11 is 0. The molecule has 0 radical (unpaired) electrons. The molecule has 1 aliphatic rings. The SMILES string of the molecule is OCCN1CCOCCOCCOCCN(CCO)CC1. The first-order chi connectivity index (χ1) is 10.4. The van der Waals surface area contributed by atoms with Crippen molar-refractivity contribution in [1.29, 1.82) is 0 Å². The lowest BCUT2D eigenvalue weighted by Crippen LogP contribution is -2.40. The molecule has 21 heavy (non-hydrogen) atoms. The first-order valence-electron chi connectivity index (χ1n) is 7.76. The predicted molar refractivity (Wildman–Crippen MR) is 79.5 cm³/mol. The summed E-state index contributed by atoms with van der Waals surface area (Å²) in [6, 6.07) is 0. The third kappa shape index (κ3) is 10.1. The van der Waals surface area contributed by atoms with Crippen molar-refractivity contribution in [2.24, 2.45) is 0 Å². The second kappa shape index (κ2) is 13.4. The second-order valence-electron chi connectivity index (χ2n) is 4.97. The minimum atomic E-state index is 0.145. The van der Waals surface area contributed by atoms with Crippen molar-refractivity contribution < 1.29 is 24.4 Å². The van der Waals surface area contributed by atoms with Gasteiger partial charge in [-0.25, -0.2) is 0 Å². The zero-order valence-electron chi connectivity index (χ0n) is 12.9. The van der Waals surface area contributed by atoms with Crippen LogP contribution in [0.3, 0.4) is 0 Å². The molecule has 0 unspecified atom stereocenters. The van der Waals surface area contributed by atoms with Gasteiger partial charge in [0.15, 0.2) is 0 Å². The number of β-amino-alcohol motifs (C(OH)–C–C–N with tert-alkyl or cyclic N) is 2. The van der Waals surface area contributed by atoms with E-state index in [1.165, 1.54) is 0 Å². The fourth-order valence-electron chi connectivity index (χ4n) is 2.17. The summed E-state index contributed by atoms with van der Waals surface area (Å²) in [4.78, 5) is 4.34. The van der Waals surface area contributed by atoms with Gasteiger partial charge in [-0.15, -0.1) is 0 Å². The molecule has 0 bridgehead atoms. The van der Waals surface area contributed by atoms with E-state index in [0.717, 1.165) is 26.2 Å². The molecular formula is C14H30N2O5. The zero-order chi connectivity index (χ0) is 15.2. The summed E-state index contributed by atoms with van der Waals surface area (Å²) in [7, 11) is 0. The van der Waals surface area contributed by atoms with Gasteiger partial charge in [0.25, 0.3) is 0 Å². The maximum Gasteiger partial charge on any atom is 0.0701 e. The number of aliphatic hydroxyl groups is 2. The van der Waals surface area contributed by atoms with E-state index in [0.29, 0.717) is 52.7 Å². The van der Waals surface area contributed by atoms with E-state index < -0.39 is 0 Å². The van der Waals surface area contributed by atoms with E-state index in [4.69, 9.17) is 24.4 Å². The van der Waals surface area contributed by atoms with Gasteiger partial charge in [-0.2, -0.15) is 0 Å². The van der Waals surface area contributed by atoms with Crippen LogP contribution >= 0.6 is 0 Å². The lowest BCUT2D eigenvalue weighted by molar-refractivity contribution is 0.0101. The van der Waals surface area contributed by atoms with Gasteiger partial charge in [-0.1, -0.05) is 0 Å². The molecule has 0 saturated carbocycles. The van der Waals surface area contributed by atoms with Gasteiger partial charge < -0.3 is 24.4 Å². The number of hydrogen-bond donors (Lipinski definition) is 2. The highest BCUT2D eigenvalue weighted by atomic mass is 16.5. The Morgan fingerprint density at radius 3 is 1.33 bits per heavy atom. The first-order valence-corrected chi connectivity index (χ1v) is 7.76. The van der Waals surface area contributed by atoms with Gasteiger partial charge in [0.1, 0.15) is 0 Å². The predicted octanol–water partition coefficient (Wildman–Crippen LogP) is -1.36. The second-order valence-corrected chi connectivity index (χ2v) is 4.97. The fraction of sp³-hybridized carbons (Fsp3) is 1.00. The Bertz CT molecular complexity index is 211. The van der Waals surface area contributed by atoms with Crippen LogP contribution in [0.25, 0.3) is 0 Å². The van der Waals surface area contributed by atoms with Crippen molar-refractivity contribution in [3.63, 3.8) is 0 Å². The molecule has 1 heterocycles. The van der Waals surface area contributed by atoms with Crippen molar-refractivity contribution >= 4 is 0 Å². The summed E-state index contributed by atoms with van der Waals surface area (Å²) in [5.74, 6) is 0. The molecule has 1 rings (SSSR count). The smallest absolute Gasteiger partial charge is 0.0701 e. The van der Waals surface area contributed by atoms with Crippen LogP contribution in [0.4, 0.5) is 0 Å². The Morgan fingerprint density at radius 1 is 0.571 bits per heavy atom. The highest BCUT2D eigenvalue weighted by molar-refractivity contribution is 4.63. The van der Waals surface area contributed by atoms with Crippen LogP contribution in [0, 0.1) is 0 Å². The molecule has 0 spiro atoms. The van der Waals surface area contributed by atoms with Crippen LogP contribution < -0.4 is 0 Å². The first kappa shape index (κ1) is 18.8. The molecule has 2 N–H and O–H groups in total. The normalized spacial score (nSPS) is 22.6. The van der Waals surface area contributed by atoms with Crippen LogP contribution in [0.15, 0.2) is 0 Å². The van der Waals surface area contributed by atoms with Crippen molar-refractivity contribution in [3.8, 4) is 0 Å². The lowest BCUT2D eigenvalue weighted by atomic mass is 10.4. The van der Waals surface area contributed by atoms with Gasteiger partial charge >= 0.3 is 0 Å². The Morgan fingerprint density at radius 2 is 0.952 bits per heavy atom. The summed E-state index contributed by atoms with van der Waals surface area (Å²) in [6.07, 6.45) is 0. The van der Waals surface area contributed by atoms with Crippen LogP contribution in [-0.4, -0.2) is 112 Å². The summed E-state index contributed by atoms with van der Waals surface area (Å²) in [6.45, 7) is 8.48. The molecular weight excluding hydrogens is 276 g/mol. The molecule has 0 amide bonds. The fourth-order valence-corrected chi connectivity index (χ4v) is 2.17. The van der Waals surface area contributed by atoms with Crippen LogP contribution in [0.1, 0.15) is 0 Å². The molecule has 0 aromatic rings. The monoisotopic (exact) mass is 306 g/mol. The molecule has 0 aromatic heterocycles. The highest BCUT2D eigenvalue weighted by Gasteiger charge is 2.09. The molecule has 1 saturated heterocycles. The summed E-state index contributed by atoms with van der Waals surface area (Å²) < 4.78 is 16.4. The van der Waals surface area contributed by atoms with Crippen LogP contribution in [-0.2, 0) is 14.2 Å². The van der Waals surface area contributed by atoms with E-state index in [2.05, 4.69) is 9.80 Å². The zero-order valence-corrected chi connectivity index (χ0v) is 12.9. The van der Waals surface area contributed by atoms with Crippen LogP contribution in [0.2, 0.25) is 0 Å². The number of ether oxygens (including phenoxy) is 3. The van der Waals surface area contributed by atoms with Crippen molar-refractivity contribution in [1.82, 2.24) is 9.80 Å². The van der Waals surface area contributed by atoms with Gasteiger partial charge in [-0.3, -0.25) is 9.80 Å². The summed E-state index contributed by atoms with van der Waals surface area (Å²) in [5, 5.41) is 18.2. The Hall–Kier alpha value is -0.280. The van der Waals surface area contributed by atoms with Gasteiger partial charge in [0.2, 0.25) is 0 Å². The average Bonchev–Trinajstić information content (AvgIpc) is 2.49. The standard InChI is InChI=1S/C14H30N2O5/c17-7-3-15-1-2-16(4-8-18)6-10-20-12-14-21-13-11-19-9-5-15/h17-18H,1-14H2. The molecule has 1 aliphatic heterocycles. The molecule has 0 atom stereocenters. The number of nitrogens with zero attached hydrogens (tertiary/aromatic N) is 2. The molecule has 7 nitrogen and oxygen atoms in total. The number of aliphatic hydroxyl groups excluding tert-OH is 2. The summed E-state index contributed by atoms with van der Waals surface area (Å²) in [5.41, 5.74) is 0. The van der Waals surface area contributed by atoms with Crippen LogP contribution in [0.5, 0.6) is 0 Å². The van der Waals surface area contributed by atoms with E-state index in [1.54, 1.807) is 0 Å². The van der Waals surface area contributed by atoms with Gasteiger partial charge in [0, 0.05) is 39.3 Å². The van der Waals surface area contributed by atoms with E-state index in [-0.39, 0.29) is 13.2 Å². The molecule has 0 aliphatic carbocycles. The number of hydrogen-bond acceptors (Lipinski definition) is 7. The van der Waals surface area contributed by atoms with Gasteiger partial charge in [0.05, 0.1) is 52.9 Å². The van der Waals surface area contributed by atoms with Crippen molar-refractivity contribution in [2.45, 2.75) is 0 Å². The quantitative estimate of drug-likeness (QED) is 0.664. The average molecular weight is 306 g/mol. The molecule has 0 aromatic carbocycles. The topological polar surface area (TPSA) is 74.6 Å². The van der Waals surface area contributed by atoms with Crippen molar-refractivity contribution in [2.75, 3.05) is 92.1 Å². The number of rotatable bonds is 4. The highest BCUT2D eigenvalue weighted by Crippen LogP contribution is 1.95. The van der Waals surface area contributed by atoms with Gasteiger partial charge in [-0.05, 0) is 0 Å². The Kier molecular flexibility index (Phi) is 12.0. The maximum absolute atomic E-state index is 9.12. The Labute approximate surface area is 127 Å². The third-order valence-electron chi connectivity index (χ3n) is 3.41. The molecule has 7 heteroatoms. The minimum absolute atomic E-state index is 0.145. The largest absolute Gasteiger partial charge is 0.395 e. The molecule has 1 fully saturated rings. The van der Waals surface area contributed by atoms with E-state index in [9.17, 15) is 0 Å². The van der Waals surface area contributed by atoms with Crippen molar-refractivity contribution in [3.05, 3.63) is 0 Å². The Balaban J connectivity index is 2.40. The lowest BCUT2D eigenvalue weighted by Gasteiger charge is -2.26. The van der Waals surface area contributed by atoms with E-state index >= 15 is 0 Å². The third-order valence-corrected chi connectivity index (χ3v) is 3.41. The maximum atomic E-state index is 9.12. The molecule has 126 valence electrons. The van der Waals surface area contributed by atoms with E-state index in [1.807, 2.05) is 0 Å².